The average molecular weight is 237 g/mol. The molecule has 0 aliphatic carbocycles. The quantitative estimate of drug-likeness (QED) is 0.728. The summed E-state index contributed by atoms with van der Waals surface area (Å²) < 4.78 is 10.8. The summed E-state index contributed by atoms with van der Waals surface area (Å²) in [5, 5.41) is 0. The molecule has 1 aromatic carbocycles. The van der Waals surface area contributed by atoms with E-state index in [0.717, 1.165) is 31.2 Å². The fourth-order valence-electron chi connectivity index (χ4n) is 1.73. The molecule has 0 bridgehead atoms. The molecule has 0 amide bonds. The summed E-state index contributed by atoms with van der Waals surface area (Å²) in [5.74, 6) is 1.75. The lowest BCUT2D eigenvalue weighted by atomic mass is 10.3. The fourth-order valence-corrected chi connectivity index (χ4v) is 1.73. The van der Waals surface area contributed by atoms with Gasteiger partial charge in [0.05, 0.1) is 7.11 Å². The van der Waals surface area contributed by atoms with E-state index in [2.05, 4.69) is 25.7 Å². The number of nitrogens with zero attached hydrogens (tertiary/aromatic N) is 1. The number of rotatable bonds is 7. The van der Waals surface area contributed by atoms with E-state index in [1.165, 1.54) is 0 Å². The zero-order chi connectivity index (χ0) is 12.7. The summed E-state index contributed by atoms with van der Waals surface area (Å²) in [4.78, 5) is 2.38. The van der Waals surface area contributed by atoms with Gasteiger partial charge in [-0.05, 0) is 44.7 Å². The van der Waals surface area contributed by atoms with Crippen LogP contribution in [0.25, 0.3) is 0 Å². The molecule has 96 valence electrons. The average Bonchev–Trinajstić information content (AvgIpc) is 2.35. The van der Waals surface area contributed by atoms with Crippen LogP contribution < -0.4 is 9.47 Å². The van der Waals surface area contributed by atoms with Gasteiger partial charge in [-0.25, -0.2) is 0 Å². The molecule has 0 saturated heterocycles. The second-order valence-electron chi connectivity index (χ2n) is 4.25. The van der Waals surface area contributed by atoms with Crippen LogP contribution in [0.1, 0.15) is 20.8 Å². The molecule has 0 spiro atoms. The minimum Gasteiger partial charge on any atom is -0.497 e. The van der Waals surface area contributed by atoms with E-state index in [-0.39, 0.29) is 0 Å². The summed E-state index contributed by atoms with van der Waals surface area (Å²) in [6, 6.07) is 8.26. The lowest BCUT2D eigenvalue weighted by Crippen LogP contribution is -2.34. The normalized spacial score (nSPS) is 10.9. The standard InChI is InChI=1S/C14H23NO2/c1-5-15(12(2)3)10-11-17-14-8-6-13(16-4)7-9-14/h6-9,12H,5,10-11H2,1-4H3. The van der Waals surface area contributed by atoms with Gasteiger partial charge in [0, 0.05) is 12.6 Å². The van der Waals surface area contributed by atoms with Crippen molar-refractivity contribution < 1.29 is 9.47 Å². The Morgan fingerprint density at radius 2 is 1.71 bits per heavy atom. The monoisotopic (exact) mass is 237 g/mol. The van der Waals surface area contributed by atoms with Gasteiger partial charge in [-0.2, -0.15) is 0 Å². The molecule has 3 heteroatoms. The zero-order valence-electron chi connectivity index (χ0n) is 11.3. The highest BCUT2D eigenvalue weighted by atomic mass is 16.5. The molecular weight excluding hydrogens is 214 g/mol. The predicted octanol–water partition coefficient (Wildman–Crippen LogP) is 2.80. The first-order chi connectivity index (χ1) is 8.17. The molecule has 0 aliphatic rings. The number of methoxy groups -OCH3 is 1. The summed E-state index contributed by atoms with van der Waals surface area (Å²) in [7, 11) is 1.66. The minimum absolute atomic E-state index is 0.569. The highest BCUT2D eigenvalue weighted by molar-refractivity contribution is 5.31. The first kappa shape index (κ1) is 13.8. The van der Waals surface area contributed by atoms with Crippen LogP contribution >= 0.6 is 0 Å². The molecule has 0 saturated carbocycles. The smallest absolute Gasteiger partial charge is 0.119 e. The first-order valence-electron chi connectivity index (χ1n) is 6.18. The lowest BCUT2D eigenvalue weighted by molar-refractivity contribution is 0.183. The Bertz CT molecular complexity index is 309. The van der Waals surface area contributed by atoms with Crippen LogP contribution in [-0.4, -0.2) is 37.7 Å². The van der Waals surface area contributed by atoms with Crippen molar-refractivity contribution in [1.29, 1.82) is 0 Å². The maximum absolute atomic E-state index is 5.69. The first-order valence-corrected chi connectivity index (χ1v) is 6.18. The third kappa shape index (κ3) is 4.65. The Hall–Kier alpha value is -1.22. The lowest BCUT2D eigenvalue weighted by Gasteiger charge is -2.24. The molecular formula is C14H23NO2. The van der Waals surface area contributed by atoms with Gasteiger partial charge < -0.3 is 9.47 Å². The largest absolute Gasteiger partial charge is 0.497 e. The molecule has 0 radical (unpaired) electrons. The molecule has 17 heavy (non-hydrogen) atoms. The number of hydrogen-bond donors (Lipinski definition) is 0. The molecule has 0 aromatic heterocycles. The SMILES string of the molecule is CCN(CCOc1ccc(OC)cc1)C(C)C. The van der Waals surface area contributed by atoms with Crippen LogP contribution in [0.4, 0.5) is 0 Å². The van der Waals surface area contributed by atoms with Gasteiger partial charge in [0.2, 0.25) is 0 Å². The second kappa shape index (κ2) is 7.17. The molecule has 0 unspecified atom stereocenters. The van der Waals surface area contributed by atoms with Gasteiger partial charge in [-0.15, -0.1) is 0 Å². The van der Waals surface area contributed by atoms with Crippen molar-refractivity contribution in [2.45, 2.75) is 26.8 Å². The summed E-state index contributed by atoms with van der Waals surface area (Å²) in [5.41, 5.74) is 0. The second-order valence-corrected chi connectivity index (χ2v) is 4.25. The van der Waals surface area contributed by atoms with Crippen molar-refractivity contribution in [3.8, 4) is 11.5 Å². The molecule has 0 heterocycles. The molecule has 0 atom stereocenters. The summed E-state index contributed by atoms with van der Waals surface area (Å²) in [6.45, 7) is 9.32. The number of benzene rings is 1. The fraction of sp³-hybridized carbons (Fsp3) is 0.571. The van der Waals surface area contributed by atoms with E-state index in [9.17, 15) is 0 Å². The molecule has 0 fully saturated rings. The van der Waals surface area contributed by atoms with Crippen LogP contribution in [0.15, 0.2) is 24.3 Å². The minimum atomic E-state index is 0.569. The molecule has 1 rings (SSSR count). The Morgan fingerprint density at radius 1 is 1.12 bits per heavy atom. The number of likely N-dealkylation sites (N-methyl/N-ethyl adjacent to an activating group) is 1. The van der Waals surface area contributed by atoms with Crippen molar-refractivity contribution in [2.24, 2.45) is 0 Å². The van der Waals surface area contributed by atoms with Crippen LogP contribution in [0, 0.1) is 0 Å². The highest BCUT2D eigenvalue weighted by Crippen LogP contribution is 2.16. The van der Waals surface area contributed by atoms with Crippen molar-refractivity contribution in [3.05, 3.63) is 24.3 Å². The van der Waals surface area contributed by atoms with Gasteiger partial charge in [0.1, 0.15) is 18.1 Å². The van der Waals surface area contributed by atoms with E-state index in [1.54, 1.807) is 7.11 Å². The van der Waals surface area contributed by atoms with E-state index in [1.807, 2.05) is 24.3 Å². The van der Waals surface area contributed by atoms with Crippen LogP contribution in [0.5, 0.6) is 11.5 Å². The van der Waals surface area contributed by atoms with Crippen LogP contribution in [0.3, 0.4) is 0 Å². The Morgan fingerprint density at radius 3 is 2.18 bits per heavy atom. The third-order valence-electron chi connectivity index (χ3n) is 2.84. The highest BCUT2D eigenvalue weighted by Gasteiger charge is 2.06. The maximum atomic E-state index is 5.69. The summed E-state index contributed by atoms with van der Waals surface area (Å²) >= 11 is 0. The Balaban J connectivity index is 2.34. The van der Waals surface area contributed by atoms with Crippen molar-refractivity contribution in [3.63, 3.8) is 0 Å². The van der Waals surface area contributed by atoms with Crippen LogP contribution in [0.2, 0.25) is 0 Å². The Kier molecular flexibility index (Phi) is 5.84. The summed E-state index contributed by atoms with van der Waals surface area (Å²) in [6.07, 6.45) is 0. The topological polar surface area (TPSA) is 21.7 Å². The molecule has 0 aliphatic heterocycles. The zero-order valence-corrected chi connectivity index (χ0v) is 11.3. The van der Waals surface area contributed by atoms with E-state index in [0.29, 0.717) is 6.04 Å². The van der Waals surface area contributed by atoms with Gasteiger partial charge in [0.25, 0.3) is 0 Å². The van der Waals surface area contributed by atoms with Crippen molar-refractivity contribution >= 4 is 0 Å². The number of hydrogen-bond acceptors (Lipinski definition) is 3. The van der Waals surface area contributed by atoms with Gasteiger partial charge in [0.15, 0.2) is 0 Å². The van der Waals surface area contributed by atoms with Crippen molar-refractivity contribution in [1.82, 2.24) is 4.90 Å². The van der Waals surface area contributed by atoms with Gasteiger partial charge in [-0.3, -0.25) is 4.90 Å². The maximum Gasteiger partial charge on any atom is 0.119 e. The van der Waals surface area contributed by atoms with Crippen molar-refractivity contribution in [2.75, 3.05) is 26.8 Å². The van der Waals surface area contributed by atoms with Gasteiger partial charge >= 0.3 is 0 Å². The molecule has 0 N–H and O–H groups in total. The molecule has 1 aromatic rings. The van der Waals surface area contributed by atoms with E-state index < -0.39 is 0 Å². The Labute approximate surface area is 104 Å². The third-order valence-corrected chi connectivity index (χ3v) is 2.84. The number of ether oxygens (including phenoxy) is 2. The van der Waals surface area contributed by atoms with Gasteiger partial charge in [-0.1, -0.05) is 6.92 Å². The predicted molar refractivity (Wildman–Crippen MR) is 70.9 cm³/mol. The van der Waals surface area contributed by atoms with Crippen LogP contribution in [-0.2, 0) is 0 Å². The van der Waals surface area contributed by atoms with E-state index in [4.69, 9.17) is 9.47 Å². The van der Waals surface area contributed by atoms with E-state index >= 15 is 0 Å². The molecule has 3 nitrogen and oxygen atoms in total.